The van der Waals surface area contributed by atoms with Crippen molar-refractivity contribution in [2.24, 2.45) is 0 Å². The van der Waals surface area contributed by atoms with Crippen molar-refractivity contribution >= 4 is 27.5 Å². The first-order chi connectivity index (χ1) is 13.4. The van der Waals surface area contributed by atoms with Crippen LogP contribution in [0.5, 0.6) is 0 Å². The van der Waals surface area contributed by atoms with Crippen LogP contribution in [0.1, 0.15) is 39.3 Å². The van der Waals surface area contributed by atoms with Gasteiger partial charge in [-0.2, -0.15) is 5.10 Å². The summed E-state index contributed by atoms with van der Waals surface area (Å²) in [6.45, 7) is 4.43. The molecule has 0 fully saturated rings. The van der Waals surface area contributed by atoms with Crippen LogP contribution in [-0.4, -0.2) is 62.8 Å². The minimum Gasteiger partial charge on any atom is -0.385 e. The average Bonchev–Trinajstić information content (AvgIpc) is 3.16. The van der Waals surface area contributed by atoms with Gasteiger partial charge in [-0.25, -0.2) is 4.98 Å². The maximum absolute atomic E-state index is 13.1. The highest BCUT2D eigenvalue weighted by molar-refractivity contribution is 7.18. The van der Waals surface area contributed by atoms with Crippen LogP contribution < -0.4 is 0 Å². The number of aliphatic hydroxyl groups excluding tert-OH is 1. The van der Waals surface area contributed by atoms with Gasteiger partial charge < -0.3 is 14.9 Å². The van der Waals surface area contributed by atoms with E-state index < -0.39 is 6.10 Å². The molecule has 0 aliphatic carbocycles. The van der Waals surface area contributed by atoms with Crippen LogP contribution in [-0.2, 0) is 13.1 Å². The smallest absolute Gasteiger partial charge is 0.254 e. The topological polar surface area (TPSA) is 74.5 Å². The summed E-state index contributed by atoms with van der Waals surface area (Å²) >= 11 is 1.64. The SMILES string of the molecule is Cc1nc2cc(C(=O)N3CCCn4nc([C@H](O)CN(C)C)cc4C3)ccc2s1. The van der Waals surface area contributed by atoms with E-state index in [0.717, 1.165) is 33.9 Å². The van der Waals surface area contributed by atoms with E-state index in [2.05, 4.69) is 10.1 Å². The molecule has 3 aromatic rings. The van der Waals surface area contributed by atoms with Crippen molar-refractivity contribution in [3.63, 3.8) is 0 Å². The number of thiazole rings is 1. The Morgan fingerprint density at radius 1 is 1.32 bits per heavy atom. The number of benzene rings is 1. The molecule has 0 spiro atoms. The third-order valence-electron chi connectivity index (χ3n) is 4.94. The first-order valence-electron chi connectivity index (χ1n) is 9.46. The Hall–Kier alpha value is -2.29. The Balaban J connectivity index is 1.55. The Labute approximate surface area is 168 Å². The van der Waals surface area contributed by atoms with Crippen LogP contribution in [0.2, 0.25) is 0 Å². The molecule has 0 unspecified atom stereocenters. The highest BCUT2D eigenvalue weighted by Crippen LogP contribution is 2.24. The monoisotopic (exact) mass is 399 g/mol. The lowest BCUT2D eigenvalue weighted by molar-refractivity contribution is 0.0746. The Kier molecular flexibility index (Phi) is 5.18. The van der Waals surface area contributed by atoms with Gasteiger partial charge >= 0.3 is 0 Å². The van der Waals surface area contributed by atoms with Crippen LogP contribution in [0.3, 0.4) is 0 Å². The Morgan fingerprint density at radius 2 is 2.14 bits per heavy atom. The zero-order valence-corrected chi connectivity index (χ0v) is 17.2. The molecule has 0 bridgehead atoms. The van der Waals surface area contributed by atoms with Crippen molar-refractivity contribution in [1.82, 2.24) is 24.6 Å². The summed E-state index contributed by atoms with van der Waals surface area (Å²) in [7, 11) is 3.84. The quantitative estimate of drug-likeness (QED) is 0.729. The van der Waals surface area contributed by atoms with E-state index in [0.29, 0.717) is 30.9 Å². The normalized spacial score (nSPS) is 15.7. The van der Waals surface area contributed by atoms with Crippen LogP contribution in [0, 0.1) is 6.92 Å². The second-order valence-electron chi connectivity index (χ2n) is 7.56. The summed E-state index contributed by atoms with van der Waals surface area (Å²) in [5.41, 5.74) is 3.17. The molecule has 1 N–H and O–H groups in total. The van der Waals surface area contributed by atoms with Crippen molar-refractivity contribution in [2.45, 2.75) is 32.5 Å². The second kappa shape index (κ2) is 7.62. The van der Waals surface area contributed by atoms with Crippen molar-refractivity contribution < 1.29 is 9.90 Å². The zero-order chi connectivity index (χ0) is 19.8. The molecule has 3 heterocycles. The summed E-state index contributed by atoms with van der Waals surface area (Å²) < 4.78 is 3.02. The molecular formula is C20H25N5O2S. The number of likely N-dealkylation sites (N-methyl/N-ethyl adjacent to an activating group) is 1. The average molecular weight is 400 g/mol. The third kappa shape index (κ3) is 3.80. The van der Waals surface area contributed by atoms with Crippen LogP contribution >= 0.6 is 11.3 Å². The predicted octanol–water partition coefficient (Wildman–Crippen LogP) is 2.44. The minimum atomic E-state index is -0.631. The van der Waals surface area contributed by atoms with E-state index in [1.807, 2.05) is 59.8 Å². The lowest BCUT2D eigenvalue weighted by Crippen LogP contribution is -2.30. The maximum Gasteiger partial charge on any atom is 0.254 e. The molecular weight excluding hydrogens is 374 g/mol. The van der Waals surface area contributed by atoms with Crippen LogP contribution in [0.4, 0.5) is 0 Å². The van der Waals surface area contributed by atoms with Crippen molar-refractivity contribution in [3.8, 4) is 0 Å². The van der Waals surface area contributed by atoms with Gasteiger partial charge in [-0.3, -0.25) is 9.48 Å². The molecule has 4 rings (SSSR count). The van der Waals surface area contributed by atoms with Gasteiger partial charge in [0.1, 0.15) is 6.10 Å². The number of hydrogen-bond donors (Lipinski definition) is 1. The standard InChI is InChI=1S/C20H25N5O2S/c1-13-21-17-9-14(5-6-19(17)28-13)20(27)24-7-4-8-25-15(11-24)10-16(22-25)18(26)12-23(2)3/h5-6,9-10,18,26H,4,7-8,11-12H2,1-3H3/t18-/m1/s1. The fraction of sp³-hybridized carbons (Fsp3) is 0.450. The Bertz CT molecular complexity index is 1010. The summed E-state index contributed by atoms with van der Waals surface area (Å²) in [5.74, 6) is 0.0117. The van der Waals surface area contributed by atoms with Crippen molar-refractivity contribution in [1.29, 1.82) is 0 Å². The van der Waals surface area contributed by atoms with Gasteiger partial charge in [-0.15, -0.1) is 11.3 Å². The van der Waals surface area contributed by atoms with E-state index in [1.54, 1.807) is 11.3 Å². The highest BCUT2D eigenvalue weighted by atomic mass is 32.1. The first-order valence-corrected chi connectivity index (χ1v) is 10.3. The van der Waals surface area contributed by atoms with Gasteiger partial charge in [-0.05, 0) is 51.7 Å². The molecule has 7 nitrogen and oxygen atoms in total. The number of nitrogens with zero attached hydrogens (tertiary/aromatic N) is 5. The van der Waals surface area contributed by atoms with Gasteiger partial charge in [0.2, 0.25) is 0 Å². The molecule has 2 aromatic heterocycles. The summed E-state index contributed by atoms with van der Waals surface area (Å²) in [6.07, 6.45) is 0.204. The molecule has 28 heavy (non-hydrogen) atoms. The number of carbonyl (C=O) groups excluding carboxylic acids is 1. The minimum absolute atomic E-state index is 0.0117. The van der Waals surface area contributed by atoms with Crippen LogP contribution in [0.15, 0.2) is 24.3 Å². The number of aliphatic hydroxyl groups is 1. The lowest BCUT2D eigenvalue weighted by atomic mass is 10.1. The molecule has 0 saturated heterocycles. The number of carbonyl (C=O) groups is 1. The fourth-order valence-corrected chi connectivity index (χ4v) is 4.43. The van der Waals surface area contributed by atoms with Crippen molar-refractivity contribution in [3.05, 3.63) is 46.2 Å². The first kappa shape index (κ1) is 19.0. The van der Waals surface area contributed by atoms with E-state index in [9.17, 15) is 9.90 Å². The number of fused-ring (bicyclic) bond motifs is 2. The zero-order valence-electron chi connectivity index (χ0n) is 16.4. The fourth-order valence-electron chi connectivity index (χ4n) is 3.62. The summed E-state index contributed by atoms with van der Waals surface area (Å²) in [4.78, 5) is 21.4. The summed E-state index contributed by atoms with van der Waals surface area (Å²) in [6, 6.07) is 7.67. The van der Waals surface area contributed by atoms with Gasteiger partial charge in [0.05, 0.1) is 33.2 Å². The van der Waals surface area contributed by atoms with E-state index in [1.165, 1.54) is 0 Å². The number of rotatable bonds is 4. The molecule has 0 saturated carbocycles. The number of aromatic nitrogens is 3. The molecule has 1 aliphatic heterocycles. The number of hydrogen-bond acceptors (Lipinski definition) is 6. The molecule has 0 radical (unpaired) electrons. The number of aryl methyl sites for hydroxylation is 2. The molecule has 1 amide bonds. The van der Waals surface area contributed by atoms with Crippen molar-refractivity contribution in [2.75, 3.05) is 27.2 Å². The molecule has 1 aliphatic rings. The van der Waals surface area contributed by atoms with Crippen LogP contribution in [0.25, 0.3) is 10.2 Å². The highest BCUT2D eigenvalue weighted by Gasteiger charge is 2.24. The van der Waals surface area contributed by atoms with Gasteiger partial charge in [-0.1, -0.05) is 0 Å². The van der Waals surface area contributed by atoms with E-state index in [-0.39, 0.29) is 5.91 Å². The van der Waals surface area contributed by atoms with Gasteiger partial charge in [0.25, 0.3) is 5.91 Å². The van der Waals surface area contributed by atoms with E-state index >= 15 is 0 Å². The number of amides is 1. The van der Waals surface area contributed by atoms with Gasteiger partial charge in [0, 0.05) is 25.2 Å². The molecule has 1 atom stereocenters. The summed E-state index contributed by atoms with van der Waals surface area (Å²) in [5, 5.41) is 15.9. The predicted molar refractivity (Wildman–Crippen MR) is 109 cm³/mol. The maximum atomic E-state index is 13.1. The Morgan fingerprint density at radius 3 is 2.93 bits per heavy atom. The lowest BCUT2D eigenvalue weighted by Gasteiger charge is -2.20. The largest absolute Gasteiger partial charge is 0.385 e. The molecule has 1 aromatic carbocycles. The second-order valence-corrected chi connectivity index (χ2v) is 8.79. The van der Waals surface area contributed by atoms with E-state index in [4.69, 9.17) is 0 Å². The van der Waals surface area contributed by atoms with Gasteiger partial charge in [0.15, 0.2) is 0 Å². The molecule has 148 valence electrons. The molecule has 8 heteroatoms. The third-order valence-corrected chi connectivity index (χ3v) is 5.89.